The zero-order valence-corrected chi connectivity index (χ0v) is 15.3. The summed E-state index contributed by atoms with van der Waals surface area (Å²) in [6, 6.07) is 7.38. The van der Waals surface area contributed by atoms with Crippen LogP contribution in [0.2, 0.25) is 0 Å². The van der Waals surface area contributed by atoms with E-state index in [-0.39, 0.29) is 24.5 Å². The number of para-hydroxylation sites is 1. The number of nitrogens with one attached hydrogen (secondary N) is 2. The average molecular weight is 359 g/mol. The molecule has 2 amide bonds. The standard InChI is InChI=1S/C17H21N5O2S/c1-10(2)8-14-18-13-7-5-4-6-12(13)16(24)22(14)9-15(23)19-17-21-20-11(3)25-17/h4-7,10,14,18H,8-9H2,1-3H3,(H,19,21,23)/t14-/m1/s1. The summed E-state index contributed by atoms with van der Waals surface area (Å²) >= 11 is 1.31. The zero-order chi connectivity index (χ0) is 18.0. The second-order valence-corrected chi connectivity index (χ2v) is 7.62. The van der Waals surface area contributed by atoms with Crippen molar-refractivity contribution in [1.82, 2.24) is 15.1 Å². The second kappa shape index (κ2) is 7.18. The Labute approximate surface area is 150 Å². The molecule has 2 aromatic rings. The lowest BCUT2D eigenvalue weighted by atomic mass is 10.0. The van der Waals surface area contributed by atoms with Gasteiger partial charge in [-0.05, 0) is 31.4 Å². The first-order valence-corrected chi connectivity index (χ1v) is 9.02. The monoisotopic (exact) mass is 359 g/mol. The molecule has 0 aliphatic carbocycles. The van der Waals surface area contributed by atoms with Crippen LogP contribution in [0, 0.1) is 12.8 Å². The summed E-state index contributed by atoms with van der Waals surface area (Å²) in [5.74, 6) is -0.0324. The summed E-state index contributed by atoms with van der Waals surface area (Å²) in [6.07, 6.45) is 0.537. The number of aryl methyl sites for hydroxylation is 1. The molecule has 0 saturated heterocycles. The van der Waals surface area contributed by atoms with Crippen LogP contribution in [0.3, 0.4) is 0 Å². The number of carbonyl (C=O) groups excluding carboxylic acids is 2. The second-order valence-electron chi connectivity index (χ2n) is 6.44. The van der Waals surface area contributed by atoms with E-state index < -0.39 is 0 Å². The molecule has 7 nitrogen and oxygen atoms in total. The average Bonchev–Trinajstić information content (AvgIpc) is 2.95. The fourth-order valence-electron chi connectivity index (χ4n) is 2.82. The van der Waals surface area contributed by atoms with E-state index in [1.807, 2.05) is 25.1 Å². The smallest absolute Gasteiger partial charge is 0.258 e. The molecule has 1 aromatic carbocycles. The quantitative estimate of drug-likeness (QED) is 0.857. The topological polar surface area (TPSA) is 87.2 Å². The molecule has 0 saturated carbocycles. The third kappa shape index (κ3) is 3.96. The first-order chi connectivity index (χ1) is 11.9. The number of carbonyl (C=O) groups is 2. The summed E-state index contributed by atoms with van der Waals surface area (Å²) < 4.78 is 0. The fourth-order valence-corrected chi connectivity index (χ4v) is 3.43. The van der Waals surface area contributed by atoms with Gasteiger partial charge in [-0.3, -0.25) is 14.9 Å². The van der Waals surface area contributed by atoms with Crippen LogP contribution < -0.4 is 10.6 Å². The van der Waals surface area contributed by atoms with E-state index >= 15 is 0 Å². The Balaban J connectivity index is 1.78. The highest BCUT2D eigenvalue weighted by molar-refractivity contribution is 7.15. The van der Waals surface area contributed by atoms with Gasteiger partial charge in [0.05, 0.1) is 5.56 Å². The highest BCUT2D eigenvalue weighted by Crippen LogP contribution is 2.27. The van der Waals surface area contributed by atoms with Gasteiger partial charge in [0, 0.05) is 5.69 Å². The van der Waals surface area contributed by atoms with Gasteiger partial charge >= 0.3 is 0 Å². The van der Waals surface area contributed by atoms with Crippen molar-refractivity contribution in [1.29, 1.82) is 0 Å². The molecule has 0 unspecified atom stereocenters. The molecule has 8 heteroatoms. The Bertz CT molecular complexity index is 789. The van der Waals surface area contributed by atoms with Gasteiger partial charge in [0.15, 0.2) is 0 Å². The Hall–Kier alpha value is -2.48. The van der Waals surface area contributed by atoms with Crippen molar-refractivity contribution < 1.29 is 9.59 Å². The predicted octanol–water partition coefficient (Wildman–Crippen LogP) is 2.73. The zero-order valence-electron chi connectivity index (χ0n) is 14.4. The number of aromatic nitrogens is 2. The molecule has 0 fully saturated rings. The van der Waals surface area contributed by atoms with Gasteiger partial charge in [0.25, 0.3) is 5.91 Å². The van der Waals surface area contributed by atoms with Crippen molar-refractivity contribution in [3.05, 3.63) is 34.8 Å². The number of nitrogens with zero attached hydrogens (tertiary/aromatic N) is 3. The minimum absolute atomic E-state index is 0.0316. The summed E-state index contributed by atoms with van der Waals surface area (Å²) in [6.45, 7) is 5.97. The third-order valence-electron chi connectivity index (χ3n) is 3.90. The Kier molecular flexibility index (Phi) is 4.98. The molecule has 0 spiro atoms. The number of hydrogen-bond donors (Lipinski definition) is 2. The normalized spacial score (nSPS) is 16.6. The van der Waals surface area contributed by atoms with Gasteiger partial charge in [-0.15, -0.1) is 10.2 Å². The van der Waals surface area contributed by atoms with Crippen LogP contribution in [-0.4, -0.2) is 39.6 Å². The number of fused-ring (bicyclic) bond motifs is 1. The van der Waals surface area contributed by atoms with Crippen molar-refractivity contribution >= 4 is 34.0 Å². The molecule has 0 bridgehead atoms. The molecule has 3 rings (SSSR count). The number of rotatable bonds is 5. The van der Waals surface area contributed by atoms with E-state index in [0.29, 0.717) is 16.6 Å². The van der Waals surface area contributed by atoms with Gasteiger partial charge < -0.3 is 10.2 Å². The van der Waals surface area contributed by atoms with E-state index in [4.69, 9.17) is 0 Å². The van der Waals surface area contributed by atoms with Gasteiger partial charge in [-0.1, -0.05) is 37.3 Å². The molecule has 2 heterocycles. The molecule has 1 atom stereocenters. The maximum absolute atomic E-state index is 12.9. The summed E-state index contributed by atoms with van der Waals surface area (Å²) in [7, 11) is 0. The maximum Gasteiger partial charge on any atom is 0.258 e. The lowest BCUT2D eigenvalue weighted by Crippen LogP contribution is -2.52. The van der Waals surface area contributed by atoms with Gasteiger partial charge in [-0.2, -0.15) is 0 Å². The lowest BCUT2D eigenvalue weighted by molar-refractivity contribution is -0.117. The molecular formula is C17H21N5O2S. The maximum atomic E-state index is 12.9. The summed E-state index contributed by atoms with van der Waals surface area (Å²) in [4.78, 5) is 26.9. The fraction of sp³-hybridized carbons (Fsp3) is 0.412. The molecule has 1 aliphatic rings. The molecule has 2 N–H and O–H groups in total. The minimum Gasteiger partial charge on any atom is -0.364 e. The number of anilines is 2. The molecule has 1 aliphatic heterocycles. The Morgan fingerprint density at radius 3 is 2.80 bits per heavy atom. The first kappa shape index (κ1) is 17.3. The third-order valence-corrected chi connectivity index (χ3v) is 4.65. The van der Waals surface area contributed by atoms with Crippen molar-refractivity contribution in [2.75, 3.05) is 17.2 Å². The van der Waals surface area contributed by atoms with E-state index in [1.165, 1.54) is 11.3 Å². The van der Waals surface area contributed by atoms with Crippen LogP contribution in [0.15, 0.2) is 24.3 Å². The van der Waals surface area contributed by atoms with Crippen molar-refractivity contribution in [3.63, 3.8) is 0 Å². The van der Waals surface area contributed by atoms with Gasteiger partial charge in [0.2, 0.25) is 11.0 Å². The van der Waals surface area contributed by atoms with E-state index in [0.717, 1.165) is 17.1 Å². The highest BCUT2D eigenvalue weighted by Gasteiger charge is 2.33. The molecular weight excluding hydrogens is 338 g/mol. The van der Waals surface area contributed by atoms with Crippen molar-refractivity contribution in [2.45, 2.75) is 33.4 Å². The van der Waals surface area contributed by atoms with E-state index in [2.05, 4.69) is 34.7 Å². The van der Waals surface area contributed by atoms with E-state index in [9.17, 15) is 9.59 Å². The number of hydrogen-bond acceptors (Lipinski definition) is 6. The van der Waals surface area contributed by atoms with Crippen LogP contribution in [0.25, 0.3) is 0 Å². The molecule has 132 valence electrons. The number of benzene rings is 1. The van der Waals surface area contributed by atoms with Gasteiger partial charge in [-0.25, -0.2) is 0 Å². The van der Waals surface area contributed by atoms with Crippen LogP contribution in [0.5, 0.6) is 0 Å². The van der Waals surface area contributed by atoms with Crippen LogP contribution in [0.1, 0.15) is 35.6 Å². The van der Waals surface area contributed by atoms with Crippen LogP contribution in [0.4, 0.5) is 10.8 Å². The number of amides is 2. The molecule has 1 aromatic heterocycles. The van der Waals surface area contributed by atoms with Crippen LogP contribution >= 0.6 is 11.3 Å². The van der Waals surface area contributed by atoms with Crippen molar-refractivity contribution in [2.24, 2.45) is 5.92 Å². The van der Waals surface area contributed by atoms with Crippen LogP contribution in [-0.2, 0) is 4.79 Å². The summed E-state index contributed by atoms with van der Waals surface area (Å²) in [5, 5.41) is 15.1. The van der Waals surface area contributed by atoms with Gasteiger partial charge in [0.1, 0.15) is 17.7 Å². The SMILES string of the molecule is Cc1nnc(NC(=O)CN2C(=O)c3ccccc3N[C@H]2CC(C)C)s1. The Morgan fingerprint density at radius 1 is 1.36 bits per heavy atom. The molecule has 0 radical (unpaired) electrons. The van der Waals surface area contributed by atoms with E-state index in [1.54, 1.807) is 11.0 Å². The minimum atomic E-state index is -0.278. The van der Waals surface area contributed by atoms with Crippen molar-refractivity contribution in [3.8, 4) is 0 Å². The largest absolute Gasteiger partial charge is 0.364 e. The lowest BCUT2D eigenvalue weighted by Gasteiger charge is -2.38. The Morgan fingerprint density at radius 2 is 2.12 bits per heavy atom. The highest BCUT2D eigenvalue weighted by atomic mass is 32.1. The molecule has 25 heavy (non-hydrogen) atoms. The predicted molar refractivity (Wildman–Crippen MR) is 97.6 cm³/mol. The summed E-state index contributed by atoms with van der Waals surface area (Å²) in [5.41, 5.74) is 1.40. The first-order valence-electron chi connectivity index (χ1n) is 8.20.